The van der Waals surface area contributed by atoms with Gasteiger partial charge >= 0.3 is 0 Å². The average Bonchev–Trinajstić information content (AvgIpc) is 2.40. The molecule has 0 fully saturated rings. The van der Waals surface area contributed by atoms with Crippen LogP contribution in [0.5, 0.6) is 0 Å². The Kier molecular flexibility index (Phi) is 4.34. The van der Waals surface area contributed by atoms with E-state index in [1.807, 2.05) is 48.7 Å². The third-order valence-electron chi connectivity index (χ3n) is 3.00. The van der Waals surface area contributed by atoms with Crippen LogP contribution >= 0.6 is 11.6 Å². The molecule has 0 saturated heterocycles. The highest BCUT2D eigenvalue weighted by molar-refractivity contribution is 6.30. The maximum Gasteiger partial charge on any atom is 0.0570 e. The van der Waals surface area contributed by atoms with E-state index in [2.05, 4.69) is 24.1 Å². The van der Waals surface area contributed by atoms with Crippen LogP contribution in [0.1, 0.15) is 37.2 Å². The SMILES string of the molecule is CC(N[C@H](C)c1ccccn1)c1ccc(Cl)cc1. The van der Waals surface area contributed by atoms with Crippen molar-refractivity contribution in [3.63, 3.8) is 0 Å². The minimum Gasteiger partial charge on any atom is -0.302 e. The maximum atomic E-state index is 5.89. The largest absolute Gasteiger partial charge is 0.302 e. The van der Waals surface area contributed by atoms with Crippen molar-refractivity contribution >= 4 is 11.6 Å². The van der Waals surface area contributed by atoms with Crippen LogP contribution in [-0.2, 0) is 0 Å². The predicted molar refractivity (Wildman–Crippen MR) is 75.7 cm³/mol. The molecule has 1 aromatic carbocycles. The first-order valence-electron chi connectivity index (χ1n) is 6.09. The van der Waals surface area contributed by atoms with Crippen molar-refractivity contribution in [2.75, 3.05) is 0 Å². The molecule has 94 valence electrons. The van der Waals surface area contributed by atoms with E-state index in [0.29, 0.717) is 0 Å². The third kappa shape index (κ3) is 3.31. The van der Waals surface area contributed by atoms with Gasteiger partial charge in [0.25, 0.3) is 0 Å². The first-order chi connectivity index (χ1) is 8.66. The molecule has 0 radical (unpaired) electrons. The molecule has 1 aromatic heterocycles. The first kappa shape index (κ1) is 13.1. The number of benzene rings is 1. The topological polar surface area (TPSA) is 24.9 Å². The van der Waals surface area contributed by atoms with Crippen LogP contribution in [-0.4, -0.2) is 4.98 Å². The number of rotatable bonds is 4. The number of halogens is 1. The summed E-state index contributed by atoms with van der Waals surface area (Å²) in [6.45, 7) is 4.26. The second-order valence-electron chi connectivity index (χ2n) is 4.42. The zero-order valence-corrected chi connectivity index (χ0v) is 11.4. The molecule has 3 heteroatoms. The number of aromatic nitrogens is 1. The molecule has 2 rings (SSSR count). The number of hydrogen-bond donors (Lipinski definition) is 1. The Bertz CT molecular complexity index is 482. The zero-order valence-electron chi connectivity index (χ0n) is 10.6. The van der Waals surface area contributed by atoms with Crippen LogP contribution in [0.3, 0.4) is 0 Å². The molecule has 0 spiro atoms. The molecule has 0 amide bonds. The summed E-state index contributed by atoms with van der Waals surface area (Å²) in [6.07, 6.45) is 1.82. The van der Waals surface area contributed by atoms with Gasteiger partial charge in [0, 0.05) is 23.3 Å². The van der Waals surface area contributed by atoms with Gasteiger partial charge in [-0.25, -0.2) is 0 Å². The van der Waals surface area contributed by atoms with E-state index in [4.69, 9.17) is 11.6 Å². The molecular formula is C15H17ClN2. The smallest absolute Gasteiger partial charge is 0.0570 e. The molecule has 0 aliphatic heterocycles. The highest BCUT2D eigenvalue weighted by atomic mass is 35.5. The molecule has 2 aromatic rings. The Balaban J connectivity index is 2.03. The lowest BCUT2D eigenvalue weighted by atomic mass is 10.1. The van der Waals surface area contributed by atoms with Crippen molar-refractivity contribution in [2.45, 2.75) is 25.9 Å². The Labute approximate surface area is 113 Å². The van der Waals surface area contributed by atoms with Crippen molar-refractivity contribution < 1.29 is 0 Å². The first-order valence-corrected chi connectivity index (χ1v) is 6.47. The fraction of sp³-hybridized carbons (Fsp3) is 0.267. The lowest BCUT2D eigenvalue weighted by Crippen LogP contribution is -2.23. The van der Waals surface area contributed by atoms with Crippen LogP contribution < -0.4 is 5.32 Å². The second kappa shape index (κ2) is 5.98. The van der Waals surface area contributed by atoms with Gasteiger partial charge in [0.05, 0.1) is 5.69 Å². The number of nitrogens with one attached hydrogen (secondary N) is 1. The van der Waals surface area contributed by atoms with E-state index < -0.39 is 0 Å². The average molecular weight is 261 g/mol. The summed E-state index contributed by atoms with van der Waals surface area (Å²) < 4.78 is 0. The summed E-state index contributed by atoms with van der Waals surface area (Å²) >= 11 is 5.89. The lowest BCUT2D eigenvalue weighted by molar-refractivity contribution is 0.486. The van der Waals surface area contributed by atoms with Crippen molar-refractivity contribution in [3.05, 3.63) is 64.9 Å². The summed E-state index contributed by atoms with van der Waals surface area (Å²) in [6, 6.07) is 14.4. The summed E-state index contributed by atoms with van der Waals surface area (Å²) in [7, 11) is 0. The van der Waals surface area contributed by atoms with E-state index in [9.17, 15) is 0 Å². The van der Waals surface area contributed by atoms with E-state index in [0.717, 1.165) is 10.7 Å². The summed E-state index contributed by atoms with van der Waals surface area (Å²) in [5.41, 5.74) is 2.28. The van der Waals surface area contributed by atoms with Crippen LogP contribution in [0.25, 0.3) is 0 Å². The number of nitrogens with zero attached hydrogens (tertiary/aromatic N) is 1. The fourth-order valence-electron chi connectivity index (χ4n) is 1.94. The van der Waals surface area contributed by atoms with Crippen LogP contribution in [0.4, 0.5) is 0 Å². The summed E-state index contributed by atoms with van der Waals surface area (Å²) in [5, 5.41) is 4.29. The highest BCUT2D eigenvalue weighted by Crippen LogP contribution is 2.19. The van der Waals surface area contributed by atoms with E-state index in [1.165, 1.54) is 5.56 Å². The van der Waals surface area contributed by atoms with Crippen molar-refractivity contribution in [1.29, 1.82) is 0 Å². The normalized spacial score (nSPS) is 14.2. The highest BCUT2D eigenvalue weighted by Gasteiger charge is 2.11. The molecule has 1 N–H and O–H groups in total. The molecule has 1 heterocycles. The second-order valence-corrected chi connectivity index (χ2v) is 4.85. The Morgan fingerprint density at radius 3 is 2.33 bits per heavy atom. The predicted octanol–water partition coefficient (Wildman–Crippen LogP) is 4.15. The minimum atomic E-state index is 0.219. The van der Waals surface area contributed by atoms with Crippen LogP contribution in [0.2, 0.25) is 5.02 Å². The molecule has 0 saturated carbocycles. The molecule has 2 atom stereocenters. The van der Waals surface area contributed by atoms with Crippen molar-refractivity contribution in [1.82, 2.24) is 10.3 Å². The van der Waals surface area contributed by atoms with Gasteiger partial charge in [0.1, 0.15) is 0 Å². The molecule has 1 unspecified atom stereocenters. The standard InChI is InChI=1S/C15H17ClN2/c1-11(13-6-8-14(16)9-7-13)18-12(2)15-5-3-4-10-17-15/h3-12,18H,1-2H3/t11?,12-/m1/s1. The molecule has 0 aliphatic rings. The molecule has 2 nitrogen and oxygen atoms in total. The zero-order chi connectivity index (χ0) is 13.0. The van der Waals surface area contributed by atoms with Gasteiger partial charge in [-0.1, -0.05) is 29.8 Å². The number of pyridine rings is 1. The molecular weight excluding hydrogens is 244 g/mol. The van der Waals surface area contributed by atoms with Gasteiger partial charge in [-0.05, 0) is 43.7 Å². The third-order valence-corrected chi connectivity index (χ3v) is 3.25. The van der Waals surface area contributed by atoms with Gasteiger partial charge in [-0.3, -0.25) is 4.98 Å². The van der Waals surface area contributed by atoms with E-state index in [-0.39, 0.29) is 12.1 Å². The molecule has 18 heavy (non-hydrogen) atoms. The molecule has 0 bridgehead atoms. The van der Waals surface area contributed by atoms with Gasteiger partial charge < -0.3 is 5.32 Å². The maximum absolute atomic E-state index is 5.89. The Morgan fingerprint density at radius 2 is 1.72 bits per heavy atom. The lowest BCUT2D eigenvalue weighted by Gasteiger charge is -2.20. The van der Waals surface area contributed by atoms with Crippen LogP contribution in [0.15, 0.2) is 48.7 Å². The fourth-order valence-corrected chi connectivity index (χ4v) is 2.07. The van der Waals surface area contributed by atoms with E-state index in [1.54, 1.807) is 0 Å². The summed E-state index contributed by atoms with van der Waals surface area (Å²) in [5.74, 6) is 0. The van der Waals surface area contributed by atoms with Gasteiger partial charge in [0.15, 0.2) is 0 Å². The molecule has 0 aliphatic carbocycles. The van der Waals surface area contributed by atoms with Crippen molar-refractivity contribution in [2.24, 2.45) is 0 Å². The minimum absolute atomic E-state index is 0.219. The van der Waals surface area contributed by atoms with Gasteiger partial charge in [0.2, 0.25) is 0 Å². The Morgan fingerprint density at radius 1 is 1.00 bits per heavy atom. The van der Waals surface area contributed by atoms with Crippen molar-refractivity contribution in [3.8, 4) is 0 Å². The van der Waals surface area contributed by atoms with E-state index >= 15 is 0 Å². The van der Waals surface area contributed by atoms with Crippen LogP contribution in [0, 0.1) is 0 Å². The summed E-state index contributed by atoms with van der Waals surface area (Å²) in [4.78, 5) is 4.36. The monoisotopic (exact) mass is 260 g/mol. The quantitative estimate of drug-likeness (QED) is 0.893. The van der Waals surface area contributed by atoms with Gasteiger partial charge in [-0.2, -0.15) is 0 Å². The Hall–Kier alpha value is -1.38. The van der Waals surface area contributed by atoms with Gasteiger partial charge in [-0.15, -0.1) is 0 Å². The number of hydrogen-bond acceptors (Lipinski definition) is 2.